The second-order valence-corrected chi connectivity index (χ2v) is 6.92. The van der Waals surface area contributed by atoms with Crippen molar-refractivity contribution >= 4 is 21.5 Å². The average Bonchev–Trinajstić information content (AvgIpc) is 3.02. The highest BCUT2D eigenvalue weighted by Gasteiger charge is 2.25. The van der Waals surface area contributed by atoms with E-state index in [-0.39, 0.29) is 10.8 Å². The Morgan fingerprint density at radius 1 is 1.35 bits per heavy atom. The first-order chi connectivity index (χ1) is 9.58. The fraction of sp³-hybridized carbons (Fsp3) is 0.462. The first-order valence-corrected chi connectivity index (χ1v) is 8.28. The fourth-order valence-corrected chi connectivity index (χ4v) is 4.10. The normalized spacial score (nSPS) is 17.0. The van der Waals surface area contributed by atoms with Crippen LogP contribution in [0.3, 0.4) is 0 Å². The fourth-order valence-electron chi connectivity index (χ4n) is 2.77. The number of anilines is 1. The summed E-state index contributed by atoms with van der Waals surface area (Å²) >= 11 is 0. The summed E-state index contributed by atoms with van der Waals surface area (Å²) in [5, 5.41) is 0.0334. The summed E-state index contributed by atoms with van der Waals surface area (Å²) < 4.78 is 29.0. The quantitative estimate of drug-likeness (QED) is 0.891. The number of imidazole rings is 1. The molecule has 1 aliphatic rings. The molecule has 3 rings (SSSR count). The monoisotopic (exact) mass is 294 g/mol. The third-order valence-electron chi connectivity index (χ3n) is 3.80. The van der Waals surface area contributed by atoms with Gasteiger partial charge in [0.1, 0.15) is 5.65 Å². The minimum atomic E-state index is -3.64. The number of nitrogen functional groups attached to an aromatic ring is 1. The minimum absolute atomic E-state index is 0.0334. The van der Waals surface area contributed by atoms with E-state index in [9.17, 15) is 8.42 Å². The Hall–Kier alpha value is -1.60. The second-order valence-electron chi connectivity index (χ2n) is 5.23. The van der Waals surface area contributed by atoms with E-state index >= 15 is 0 Å². The van der Waals surface area contributed by atoms with Gasteiger partial charge in [-0.05, 0) is 30.9 Å². The van der Waals surface area contributed by atoms with E-state index < -0.39 is 10.0 Å². The third kappa shape index (κ3) is 2.38. The van der Waals surface area contributed by atoms with Crippen molar-refractivity contribution in [3.8, 4) is 0 Å². The average molecular weight is 294 g/mol. The number of rotatable bonds is 4. The number of nitrogens with two attached hydrogens (primary N) is 1. The van der Waals surface area contributed by atoms with Gasteiger partial charge in [-0.25, -0.2) is 18.1 Å². The molecule has 2 aromatic heterocycles. The molecule has 0 saturated heterocycles. The summed E-state index contributed by atoms with van der Waals surface area (Å²) in [5.41, 5.74) is 6.31. The van der Waals surface area contributed by atoms with Gasteiger partial charge in [-0.1, -0.05) is 18.9 Å². The Labute approximate surface area is 118 Å². The van der Waals surface area contributed by atoms with Crippen molar-refractivity contribution in [3.05, 3.63) is 24.4 Å². The zero-order valence-corrected chi connectivity index (χ0v) is 11.9. The molecule has 6 nitrogen and oxygen atoms in total. The molecule has 0 amide bonds. The van der Waals surface area contributed by atoms with Gasteiger partial charge in [-0.2, -0.15) is 0 Å². The first kappa shape index (κ1) is 13.4. The number of hydrogen-bond acceptors (Lipinski definition) is 4. The molecule has 0 spiro atoms. The van der Waals surface area contributed by atoms with E-state index in [0.717, 1.165) is 12.8 Å². The highest BCUT2D eigenvalue weighted by molar-refractivity contribution is 7.89. The molecule has 0 aliphatic heterocycles. The number of aromatic nitrogens is 2. The predicted molar refractivity (Wildman–Crippen MR) is 76.8 cm³/mol. The summed E-state index contributed by atoms with van der Waals surface area (Å²) in [5.74, 6) is 0.473. The molecule has 3 N–H and O–H groups in total. The molecule has 108 valence electrons. The van der Waals surface area contributed by atoms with Crippen molar-refractivity contribution < 1.29 is 8.42 Å². The van der Waals surface area contributed by atoms with Gasteiger partial charge in [0.25, 0.3) is 10.0 Å². The van der Waals surface area contributed by atoms with Gasteiger partial charge in [0.2, 0.25) is 0 Å². The Balaban J connectivity index is 1.90. The van der Waals surface area contributed by atoms with Crippen LogP contribution in [-0.4, -0.2) is 24.3 Å². The second kappa shape index (κ2) is 5.06. The molecule has 7 heteroatoms. The van der Waals surface area contributed by atoms with Crippen LogP contribution in [0.5, 0.6) is 0 Å². The molecule has 0 aromatic carbocycles. The minimum Gasteiger partial charge on any atom is -0.381 e. The van der Waals surface area contributed by atoms with E-state index in [1.165, 1.54) is 17.2 Å². The number of sulfonamides is 1. The summed E-state index contributed by atoms with van der Waals surface area (Å²) in [6, 6.07) is 5.28. The van der Waals surface area contributed by atoms with Crippen LogP contribution >= 0.6 is 0 Å². The van der Waals surface area contributed by atoms with Crippen LogP contribution < -0.4 is 10.5 Å². The van der Waals surface area contributed by atoms with Crippen LogP contribution in [0, 0.1) is 5.92 Å². The molecule has 1 saturated carbocycles. The molecule has 0 unspecified atom stereocenters. The van der Waals surface area contributed by atoms with E-state index in [1.54, 1.807) is 24.4 Å². The Bertz CT molecular complexity index is 717. The number of hydrogen-bond donors (Lipinski definition) is 2. The molecule has 2 heterocycles. The van der Waals surface area contributed by atoms with Crippen molar-refractivity contribution in [3.63, 3.8) is 0 Å². The molecule has 0 bridgehead atoms. The van der Waals surface area contributed by atoms with Gasteiger partial charge >= 0.3 is 0 Å². The molecule has 0 atom stereocenters. The van der Waals surface area contributed by atoms with E-state index in [2.05, 4.69) is 9.71 Å². The molecule has 2 aromatic rings. The van der Waals surface area contributed by atoms with E-state index in [1.807, 2.05) is 0 Å². The zero-order valence-electron chi connectivity index (χ0n) is 11.1. The van der Waals surface area contributed by atoms with Crippen molar-refractivity contribution in [2.24, 2.45) is 5.92 Å². The van der Waals surface area contributed by atoms with Crippen LogP contribution in [0.15, 0.2) is 29.4 Å². The molecular formula is C13H18N4O2S. The van der Waals surface area contributed by atoms with Crippen molar-refractivity contribution in [1.29, 1.82) is 0 Å². The van der Waals surface area contributed by atoms with Gasteiger partial charge < -0.3 is 5.73 Å². The summed E-state index contributed by atoms with van der Waals surface area (Å²) in [4.78, 5) is 4.08. The standard InChI is InChI=1S/C13H18N4O2S/c14-12-13(17-8-4-3-7-11(17)16-12)20(18,19)15-9-10-5-1-2-6-10/h3-4,7-8,10,15H,1-2,5-6,9,14H2. The lowest BCUT2D eigenvalue weighted by Crippen LogP contribution is -2.30. The maximum atomic E-state index is 12.4. The van der Waals surface area contributed by atoms with Crippen molar-refractivity contribution in [2.45, 2.75) is 30.7 Å². The molecular weight excluding hydrogens is 276 g/mol. The topological polar surface area (TPSA) is 89.5 Å². The van der Waals surface area contributed by atoms with E-state index in [4.69, 9.17) is 5.73 Å². The zero-order chi connectivity index (χ0) is 14.2. The lowest BCUT2D eigenvalue weighted by molar-refractivity contribution is 0.518. The lowest BCUT2D eigenvalue weighted by Gasteiger charge is -2.11. The highest BCUT2D eigenvalue weighted by Crippen LogP contribution is 2.25. The van der Waals surface area contributed by atoms with Gasteiger partial charge in [-0.3, -0.25) is 4.40 Å². The number of nitrogens with one attached hydrogen (secondary N) is 1. The SMILES string of the molecule is Nc1nc2ccccn2c1S(=O)(=O)NCC1CCCC1. The summed E-state index contributed by atoms with van der Waals surface area (Å²) in [6.07, 6.45) is 6.20. The molecule has 0 radical (unpaired) electrons. The highest BCUT2D eigenvalue weighted by atomic mass is 32.2. The lowest BCUT2D eigenvalue weighted by atomic mass is 10.1. The smallest absolute Gasteiger partial charge is 0.260 e. The van der Waals surface area contributed by atoms with Crippen molar-refractivity contribution in [1.82, 2.24) is 14.1 Å². The van der Waals surface area contributed by atoms with Crippen LogP contribution in [0.25, 0.3) is 5.65 Å². The summed E-state index contributed by atoms with van der Waals surface area (Å²) in [6.45, 7) is 0.474. The number of nitrogens with zero attached hydrogens (tertiary/aromatic N) is 2. The van der Waals surface area contributed by atoms with Crippen LogP contribution in [-0.2, 0) is 10.0 Å². The van der Waals surface area contributed by atoms with Gasteiger partial charge in [0.15, 0.2) is 10.8 Å². The first-order valence-electron chi connectivity index (χ1n) is 6.80. The van der Waals surface area contributed by atoms with Crippen LogP contribution in [0.1, 0.15) is 25.7 Å². The van der Waals surface area contributed by atoms with Crippen LogP contribution in [0.2, 0.25) is 0 Å². The van der Waals surface area contributed by atoms with Crippen LogP contribution in [0.4, 0.5) is 5.82 Å². The Morgan fingerprint density at radius 3 is 2.85 bits per heavy atom. The van der Waals surface area contributed by atoms with Crippen molar-refractivity contribution in [2.75, 3.05) is 12.3 Å². The largest absolute Gasteiger partial charge is 0.381 e. The summed E-state index contributed by atoms with van der Waals surface area (Å²) in [7, 11) is -3.64. The van der Waals surface area contributed by atoms with Gasteiger partial charge in [0.05, 0.1) is 0 Å². The van der Waals surface area contributed by atoms with Gasteiger partial charge in [0, 0.05) is 12.7 Å². The van der Waals surface area contributed by atoms with E-state index in [0.29, 0.717) is 18.1 Å². The van der Waals surface area contributed by atoms with Gasteiger partial charge in [-0.15, -0.1) is 0 Å². The Morgan fingerprint density at radius 2 is 2.10 bits per heavy atom. The number of fused-ring (bicyclic) bond motifs is 1. The molecule has 1 fully saturated rings. The third-order valence-corrected chi connectivity index (χ3v) is 5.26. The Kier molecular flexibility index (Phi) is 3.39. The molecule has 20 heavy (non-hydrogen) atoms. The maximum absolute atomic E-state index is 12.4. The molecule has 1 aliphatic carbocycles. The predicted octanol–water partition coefficient (Wildman–Crippen LogP) is 1.38. The number of pyridine rings is 1. The maximum Gasteiger partial charge on any atom is 0.260 e.